The maximum Gasteiger partial charge on any atom is 0.160 e. The highest BCUT2D eigenvalue weighted by Gasteiger charge is 2.23. The van der Waals surface area contributed by atoms with Crippen LogP contribution in [0.4, 0.5) is 0 Å². The van der Waals surface area contributed by atoms with Crippen molar-refractivity contribution in [3.05, 3.63) is 210 Å². The molecular weight excluding hydrogens is 733 g/mol. The van der Waals surface area contributed by atoms with Gasteiger partial charge in [-0.2, -0.15) is 0 Å². The van der Waals surface area contributed by atoms with Crippen molar-refractivity contribution >= 4 is 82.7 Å². The predicted molar refractivity (Wildman–Crippen MR) is 250 cm³/mol. The Bertz CT molecular complexity index is 3640. The van der Waals surface area contributed by atoms with Gasteiger partial charge in [-0.3, -0.25) is 0 Å². The lowest BCUT2D eigenvalue weighted by molar-refractivity contribution is 0.665. The van der Waals surface area contributed by atoms with Crippen LogP contribution in [0.5, 0.6) is 0 Å². The minimum atomic E-state index is 0.649. The van der Waals surface area contributed by atoms with E-state index in [1.165, 1.54) is 32.7 Å². The van der Waals surface area contributed by atoms with Crippen LogP contribution in [-0.2, 0) is 0 Å². The third kappa shape index (κ3) is 5.60. The molecule has 0 bridgehead atoms. The van der Waals surface area contributed by atoms with Crippen molar-refractivity contribution in [2.75, 3.05) is 0 Å². The Morgan fingerprint density at radius 2 is 0.967 bits per heavy atom. The molecule has 12 rings (SSSR count). The molecule has 0 radical (unpaired) electrons. The van der Waals surface area contributed by atoms with Crippen LogP contribution in [0.2, 0.25) is 0 Å². The molecule has 4 nitrogen and oxygen atoms in total. The fourth-order valence-corrected chi connectivity index (χ4v) is 9.10. The number of hydrogen-bond donors (Lipinski definition) is 0. The Hall–Kier alpha value is -7.82. The van der Waals surface area contributed by atoms with E-state index in [1.807, 2.05) is 18.2 Å². The summed E-state index contributed by atoms with van der Waals surface area (Å²) in [6.45, 7) is 2.19. The van der Waals surface area contributed by atoms with Gasteiger partial charge >= 0.3 is 0 Å². The maximum absolute atomic E-state index is 6.85. The minimum absolute atomic E-state index is 0.649. The fraction of sp³-hybridized carbons (Fsp3) is 0.0357. The van der Waals surface area contributed by atoms with Crippen molar-refractivity contribution in [1.29, 1.82) is 0 Å². The highest BCUT2D eigenvalue weighted by molar-refractivity contribution is 6.25. The molecule has 3 heterocycles. The van der Waals surface area contributed by atoms with Crippen molar-refractivity contribution in [3.8, 4) is 22.3 Å². The Labute approximate surface area is 346 Å². The van der Waals surface area contributed by atoms with E-state index in [0.29, 0.717) is 12.3 Å². The third-order valence-electron chi connectivity index (χ3n) is 12.1. The number of benzene rings is 9. The molecule has 0 fully saturated rings. The summed E-state index contributed by atoms with van der Waals surface area (Å²) in [7, 11) is 0. The van der Waals surface area contributed by atoms with E-state index in [-0.39, 0.29) is 0 Å². The van der Waals surface area contributed by atoms with Crippen molar-refractivity contribution < 1.29 is 8.83 Å². The van der Waals surface area contributed by atoms with E-state index in [4.69, 9.17) is 18.8 Å². The predicted octanol–water partition coefficient (Wildman–Crippen LogP) is 15.2. The van der Waals surface area contributed by atoms with Crippen LogP contribution in [0.25, 0.3) is 93.4 Å². The fourth-order valence-electron chi connectivity index (χ4n) is 9.10. The highest BCUT2D eigenvalue weighted by Crippen LogP contribution is 2.42. The number of aliphatic imine (C=N–C) groups is 2. The summed E-state index contributed by atoms with van der Waals surface area (Å²) >= 11 is 0. The Balaban J connectivity index is 1.05. The summed E-state index contributed by atoms with van der Waals surface area (Å²) in [4.78, 5) is 11.0. The van der Waals surface area contributed by atoms with Gasteiger partial charge in [0.15, 0.2) is 5.84 Å². The molecular formula is C56H36N2O2. The standard InChI is InChI=1S/C56H36N2O2/c1-34-30-49(41-28-27-39-31-38(25-26-40(39)32-41)35-12-3-2-4-13-35)57-56(58-53(34)42-29-24-36-14-5-6-15-37(36)33-42)48-21-11-23-51-52(48)47-20-10-19-46(55(47)60-51)45-18-9-17-44-43-16-7-8-22-50(43)59-54(44)45/h2-29,31-33H,30H2,1H3. The number of furan rings is 2. The van der Waals surface area contributed by atoms with Crippen molar-refractivity contribution in [1.82, 2.24) is 0 Å². The van der Waals surface area contributed by atoms with Gasteiger partial charge in [0.25, 0.3) is 0 Å². The summed E-state index contributed by atoms with van der Waals surface area (Å²) < 4.78 is 13.4. The first-order valence-corrected chi connectivity index (χ1v) is 20.4. The van der Waals surface area contributed by atoms with E-state index in [0.717, 1.165) is 88.7 Å². The molecule has 2 aromatic heterocycles. The monoisotopic (exact) mass is 768 g/mol. The van der Waals surface area contributed by atoms with Crippen LogP contribution < -0.4 is 0 Å². The lowest BCUT2D eigenvalue weighted by atomic mass is 9.95. The normalized spacial score (nSPS) is 13.5. The van der Waals surface area contributed by atoms with Crippen LogP contribution >= 0.6 is 0 Å². The van der Waals surface area contributed by atoms with Crippen LogP contribution in [-0.4, -0.2) is 11.5 Å². The zero-order valence-electron chi connectivity index (χ0n) is 32.8. The average molecular weight is 769 g/mol. The molecule has 9 aromatic carbocycles. The van der Waals surface area contributed by atoms with Gasteiger partial charge in [0.05, 0.1) is 11.4 Å². The van der Waals surface area contributed by atoms with Crippen molar-refractivity contribution in [3.63, 3.8) is 0 Å². The van der Waals surface area contributed by atoms with E-state index in [9.17, 15) is 0 Å². The topological polar surface area (TPSA) is 51.0 Å². The average Bonchev–Trinajstić information content (AvgIpc) is 3.83. The molecule has 60 heavy (non-hydrogen) atoms. The molecule has 1 aliphatic heterocycles. The SMILES string of the molecule is CC1=C(c2ccc3ccccc3c2)N=C(c2cccc3oc4c(-c5cccc6c5oc5ccccc56)cccc4c23)N=C(c2ccc3cc(-c4ccccc4)ccc3c2)C1. The number of para-hydroxylation sites is 3. The smallest absolute Gasteiger partial charge is 0.160 e. The molecule has 0 saturated carbocycles. The number of hydrogen-bond acceptors (Lipinski definition) is 4. The second-order valence-electron chi connectivity index (χ2n) is 15.7. The van der Waals surface area contributed by atoms with E-state index < -0.39 is 0 Å². The van der Waals surface area contributed by atoms with Gasteiger partial charge in [-0.25, -0.2) is 9.98 Å². The first kappa shape index (κ1) is 34.2. The summed E-state index contributed by atoms with van der Waals surface area (Å²) in [5.41, 5.74) is 13.8. The number of allylic oxidation sites excluding steroid dienone is 1. The largest absolute Gasteiger partial charge is 0.455 e. The number of nitrogens with zero attached hydrogens (tertiary/aromatic N) is 2. The molecule has 282 valence electrons. The summed E-state index contributed by atoms with van der Waals surface area (Å²) in [6, 6.07) is 66.2. The Morgan fingerprint density at radius 3 is 1.82 bits per heavy atom. The van der Waals surface area contributed by atoms with Gasteiger partial charge in [0, 0.05) is 50.2 Å². The second-order valence-corrected chi connectivity index (χ2v) is 15.7. The molecule has 0 spiro atoms. The zero-order chi connectivity index (χ0) is 39.7. The van der Waals surface area contributed by atoms with E-state index >= 15 is 0 Å². The van der Waals surface area contributed by atoms with Gasteiger partial charge in [-0.05, 0) is 81.1 Å². The zero-order valence-corrected chi connectivity index (χ0v) is 32.8. The van der Waals surface area contributed by atoms with Crippen LogP contribution in [0.3, 0.4) is 0 Å². The first-order valence-electron chi connectivity index (χ1n) is 20.4. The molecule has 0 atom stereocenters. The Morgan fingerprint density at radius 1 is 0.400 bits per heavy atom. The van der Waals surface area contributed by atoms with Crippen molar-refractivity contribution in [2.45, 2.75) is 13.3 Å². The first-order chi connectivity index (χ1) is 29.6. The second kappa shape index (κ2) is 13.6. The van der Waals surface area contributed by atoms with Gasteiger partial charge in [-0.15, -0.1) is 0 Å². The third-order valence-corrected chi connectivity index (χ3v) is 12.1. The number of rotatable bonds is 5. The molecule has 1 aliphatic rings. The molecule has 0 aliphatic carbocycles. The quantitative estimate of drug-likeness (QED) is 0.175. The molecule has 11 aromatic rings. The Kier molecular flexibility index (Phi) is 7.79. The lowest BCUT2D eigenvalue weighted by Crippen LogP contribution is -2.06. The van der Waals surface area contributed by atoms with Crippen LogP contribution in [0, 0.1) is 0 Å². The van der Waals surface area contributed by atoms with E-state index in [2.05, 4.69) is 177 Å². The molecule has 0 N–H and O–H groups in total. The van der Waals surface area contributed by atoms with Gasteiger partial charge < -0.3 is 8.83 Å². The summed E-state index contributed by atoms with van der Waals surface area (Å²) in [5, 5.41) is 8.91. The molecule has 0 amide bonds. The van der Waals surface area contributed by atoms with Crippen LogP contribution in [0.1, 0.15) is 30.0 Å². The number of amidine groups is 1. The maximum atomic E-state index is 6.85. The van der Waals surface area contributed by atoms with Crippen molar-refractivity contribution in [2.24, 2.45) is 9.98 Å². The number of fused-ring (bicyclic) bond motifs is 8. The van der Waals surface area contributed by atoms with Crippen LogP contribution in [0.15, 0.2) is 212 Å². The van der Waals surface area contributed by atoms with E-state index in [1.54, 1.807) is 0 Å². The molecule has 0 saturated heterocycles. The summed E-state index contributed by atoms with van der Waals surface area (Å²) in [5.74, 6) is 0.655. The highest BCUT2D eigenvalue weighted by atomic mass is 16.3. The minimum Gasteiger partial charge on any atom is -0.455 e. The van der Waals surface area contributed by atoms with Gasteiger partial charge in [-0.1, -0.05) is 158 Å². The molecule has 0 unspecified atom stereocenters. The molecule has 4 heteroatoms. The summed E-state index contributed by atoms with van der Waals surface area (Å²) in [6.07, 6.45) is 0.649. The van der Waals surface area contributed by atoms with Gasteiger partial charge in [0.2, 0.25) is 0 Å². The lowest BCUT2D eigenvalue weighted by Gasteiger charge is -2.10. The van der Waals surface area contributed by atoms with Gasteiger partial charge in [0.1, 0.15) is 22.3 Å².